The number of rotatable bonds is 4. The van der Waals surface area contributed by atoms with Gasteiger partial charge in [0, 0.05) is 10.7 Å². The lowest BCUT2D eigenvalue weighted by Crippen LogP contribution is -2.26. The highest BCUT2D eigenvalue weighted by molar-refractivity contribution is 9.09. The Labute approximate surface area is 168 Å². The normalized spacial score (nSPS) is 32.4. The van der Waals surface area contributed by atoms with Gasteiger partial charge in [-0.2, -0.15) is 5.26 Å². The molecule has 0 N–H and O–H groups in total. The molecule has 2 aromatic carbocycles. The molecule has 3 fully saturated rings. The second kappa shape index (κ2) is 8.43. The minimum absolute atomic E-state index is 0.114. The lowest BCUT2D eigenvalue weighted by molar-refractivity contribution is -0.134. The van der Waals surface area contributed by atoms with Crippen molar-refractivity contribution in [3.63, 3.8) is 0 Å². The number of hydrogen-bond donors (Lipinski definition) is 0. The number of fused-ring (bicyclic) bond motifs is 1. The first-order chi connectivity index (χ1) is 13.3. The molecule has 4 unspecified atom stereocenters. The van der Waals surface area contributed by atoms with Crippen molar-refractivity contribution in [2.45, 2.75) is 30.1 Å². The van der Waals surface area contributed by atoms with Gasteiger partial charge in [-0.1, -0.05) is 52.3 Å². The molecule has 1 saturated heterocycles. The topological polar surface area (TPSA) is 51.5 Å². The molecule has 5 rings (SSSR count). The summed E-state index contributed by atoms with van der Waals surface area (Å²) in [6.07, 6.45) is 2.70. The summed E-state index contributed by atoms with van der Waals surface area (Å²) in [7, 11) is 0. The van der Waals surface area contributed by atoms with Gasteiger partial charge in [0.2, 0.25) is 0 Å². The predicted octanol–water partition coefficient (Wildman–Crippen LogP) is 5.15. The van der Waals surface area contributed by atoms with Crippen LogP contribution in [0.2, 0.25) is 0 Å². The molecule has 2 saturated carbocycles. The maximum atomic E-state index is 8.46. The number of nitriles is 1. The van der Waals surface area contributed by atoms with Crippen molar-refractivity contribution in [3.8, 4) is 17.6 Å². The summed E-state index contributed by atoms with van der Waals surface area (Å²) in [5, 5.41) is 8.46. The van der Waals surface area contributed by atoms with Crippen molar-refractivity contribution in [3.05, 3.63) is 60.7 Å². The Morgan fingerprint density at radius 2 is 1.56 bits per heavy atom. The lowest BCUT2D eigenvalue weighted by Gasteiger charge is -2.20. The third kappa shape index (κ3) is 4.03. The molecule has 0 aromatic heterocycles. The van der Waals surface area contributed by atoms with E-state index in [2.05, 4.69) is 15.9 Å². The number of hydrogen-bond acceptors (Lipinski definition) is 4. The molecule has 0 spiro atoms. The fraction of sp³-hybridized carbons (Fsp3) is 0.409. The van der Waals surface area contributed by atoms with Gasteiger partial charge in [-0.05, 0) is 48.9 Å². The van der Waals surface area contributed by atoms with Gasteiger partial charge in [-0.3, -0.25) is 0 Å². The van der Waals surface area contributed by atoms with Crippen LogP contribution in [-0.2, 0) is 9.47 Å². The molecule has 2 aromatic rings. The molecule has 0 radical (unpaired) electrons. The zero-order valence-corrected chi connectivity index (χ0v) is 16.5. The molecule has 0 amide bonds. The zero-order chi connectivity index (χ0) is 18.6. The van der Waals surface area contributed by atoms with E-state index in [1.165, 1.54) is 12.8 Å². The number of para-hydroxylation sites is 2. The van der Waals surface area contributed by atoms with Gasteiger partial charge < -0.3 is 14.2 Å². The third-order valence-electron chi connectivity index (χ3n) is 5.56. The van der Waals surface area contributed by atoms with Crippen molar-refractivity contribution in [1.82, 2.24) is 0 Å². The van der Waals surface area contributed by atoms with Gasteiger partial charge >= 0.3 is 0 Å². The monoisotopic (exact) mass is 427 g/mol. The molecule has 4 nitrogen and oxygen atoms in total. The van der Waals surface area contributed by atoms with E-state index < -0.39 is 0 Å². The van der Waals surface area contributed by atoms with E-state index in [0.717, 1.165) is 17.4 Å². The minimum atomic E-state index is -0.114. The number of alkyl halides is 1. The molecule has 6 atom stereocenters. The van der Waals surface area contributed by atoms with Crippen molar-refractivity contribution >= 4 is 15.9 Å². The van der Waals surface area contributed by atoms with Crippen molar-refractivity contribution in [1.29, 1.82) is 5.26 Å². The van der Waals surface area contributed by atoms with Crippen LogP contribution in [-0.4, -0.2) is 23.8 Å². The van der Waals surface area contributed by atoms with E-state index in [4.69, 9.17) is 19.5 Å². The van der Waals surface area contributed by atoms with Crippen LogP contribution in [0.15, 0.2) is 60.7 Å². The van der Waals surface area contributed by atoms with E-state index in [-0.39, 0.29) is 12.9 Å². The quantitative estimate of drug-likeness (QED) is 0.632. The van der Waals surface area contributed by atoms with Crippen LogP contribution in [0.1, 0.15) is 12.8 Å². The van der Waals surface area contributed by atoms with Gasteiger partial charge in [-0.15, -0.1) is 0 Å². The second-order valence-corrected chi connectivity index (χ2v) is 8.23. The van der Waals surface area contributed by atoms with E-state index in [1.54, 1.807) is 0 Å². The number of nitrogens with zero attached hydrogens (tertiary/aromatic N) is 1. The Bertz CT molecular complexity index is 742. The summed E-state index contributed by atoms with van der Waals surface area (Å²) >= 11 is 3.70. The van der Waals surface area contributed by atoms with Crippen LogP contribution in [0.5, 0.6) is 11.5 Å². The van der Waals surface area contributed by atoms with Gasteiger partial charge in [0.15, 0.2) is 6.29 Å². The molecule has 1 heterocycles. The Morgan fingerprint density at radius 3 is 2.07 bits per heavy atom. The summed E-state index contributed by atoms with van der Waals surface area (Å²) in [5.74, 6) is 3.73. The first-order valence-corrected chi connectivity index (χ1v) is 10.2. The molecular formula is C22H22BrNO3. The summed E-state index contributed by atoms with van der Waals surface area (Å²) < 4.78 is 16.8. The Morgan fingerprint density at radius 1 is 0.963 bits per heavy atom. The smallest absolute Gasteiger partial charge is 0.162 e. The van der Waals surface area contributed by atoms with Crippen LogP contribution in [0.3, 0.4) is 0 Å². The highest BCUT2D eigenvalue weighted by Crippen LogP contribution is 2.58. The number of benzene rings is 2. The lowest BCUT2D eigenvalue weighted by atomic mass is 9.89. The van der Waals surface area contributed by atoms with E-state index in [1.807, 2.05) is 66.7 Å². The van der Waals surface area contributed by atoms with E-state index >= 15 is 0 Å². The first kappa shape index (κ1) is 18.5. The molecule has 5 heteroatoms. The maximum absolute atomic E-state index is 8.46. The second-order valence-electron chi connectivity index (χ2n) is 7.17. The van der Waals surface area contributed by atoms with Crippen molar-refractivity contribution < 1.29 is 14.2 Å². The molecule has 2 bridgehead atoms. The zero-order valence-electron chi connectivity index (χ0n) is 14.9. The van der Waals surface area contributed by atoms with E-state index in [9.17, 15) is 0 Å². The summed E-state index contributed by atoms with van der Waals surface area (Å²) in [4.78, 5) is 0.513. The van der Waals surface area contributed by atoms with Crippen molar-refractivity contribution in [2.75, 3.05) is 6.61 Å². The highest BCUT2D eigenvalue weighted by atomic mass is 79.9. The van der Waals surface area contributed by atoms with Gasteiger partial charge in [-0.25, -0.2) is 0 Å². The minimum Gasteiger partial charge on any atom is -0.457 e. The molecule has 3 aliphatic rings. The van der Waals surface area contributed by atoms with Gasteiger partial charge in [0.25, 0.3) is 0 Å². The molecular weight excluding hydrogens is 406 g/mol. The van der Waals surface area contributed by atoms with Crippen molar-refractivity contribution in [2.24, 2.45) is 17.8 Å². The molecule has 1 aliphatic heterocycles. The fourth-order valence-electron chi connectivity index (χ4n) is 4.43. The first-order valence-electron chi connectivity index (χ1n) is 9.32. The van der Waals surface area contributed by atoms with Crippen LogP contribution < -0.4 is 4.74 Å². The molecule has 27 heavy (non-hydrogen) atoms. The van der Waals surface area contributed by atoms with Crippen LogP contribution in [0.25, 0.3) is 0 Å². The Hall–Kier alpha value is -1.87. The summed E-state index contributed by atoms with van der Waals surface area (Å²) in [6.45, 7) is 0.151. The standard InChI is InChI=1S/C12H10O.C10H12BrNO2/c1-3-7-11(8-4-1)13-12-9-5-2-6-10-12;11-8-5-3-6-7(4-5)10(13-2-1-12)14-9(6)8/h1-10H;5-10H,2-4H2/t;5?,6?,7?,8-,9?,10-/m.0/s1. The largest absolute Gasteiger partial charge is 0.457 e. The summed E-state index contributed by atoms with van der Waals surface area (Å²) in [6, 6.07) is 21.5. The van der Waals surface area contributed by atoms with Gasteiger partial charge in [0.1, 0.15) is 18.1 Å². The van der Waals surface area contributed by atoms with Crippen LogP contribution >= 0.6 is 15.9 Å². The molecule has 2 aliphatic carbocycles. The highest BCUT2D eigenvalue weighted by Gasteiger charge is 2.60. The van der Waals surface area contributed by atoms with Crippen LogP contribution in [0, 0.1) is 29.1 Å². The predicted molar refractivity (Wildman–Crippen MR) is 106 cm³/mol. The van der Waals surface area contributed by atoms with Gasteiger partial charge in [0.05, 0.1) is 12.2 Å². The SMILES string of the molecule is N#CCO[C@H]1OC2C3CC(CC31)[C@@H]2Br.c1ccc(Oc2ccccc2)cc1. The number of ether oxygens (including phenoxy) is 3. The molecule has 140 valence electrons. The average Bonchev–Trinajstić information content (AvgIpc) is 3.33. The Kier molecular flexibility index (Phi) is 5.77. The van der Waals surface area contributed by atoms with E-state index in [0.29, 0.717) is 22.8 Å². The fourth-order valence-corrected chi connectivity index (χ4v) is 5.38. The number of halogens is 1. The van der Waals surface area contributed by atoms with Crippen LogP contribution in [0.4, 0.5) is 0 Å². The average molecular weight is 428 g/mol. The third-order valence-corrected chi connectivity index (χ3v) is 6.83. The maximum Gasteiger partial charge on any atom is 0.162 e. The Balaban J connectivity index is 0.000000134. The summed E-state index contributed by atoms with van der Waals surface area (Å²) in [5.41, 5.74) is 0.